The van der Waals surface area contributed by atoms with E-state index < -0.39 is 0 Å². The Bertz CT molecular complexity index is 7910. The third kappa shape index (κ3) is 15.7. The summed E-state index contributed by atoms with van der Waals surface area (Å²) in [5.41, 5.74) is 38.8. The number of fused-ring (bicyclic) bond motifs is 6. The van der Waals surface area contributed by atoms with Crippen molar-refractivity contribution in [3.05, 3.63) is 522 Å². The topological polar surface area (TPSA) is 39.2 Å². The Balaban J connectivity index is 0.496. The lowest BCUT2D eigenvalue weighted by Crippen LogP contribution is -2.10. The standard InChI is InChI=1S/C126H86N4O2/c1-6-21-87(22-7-1)91-39-62-107(63-40-91)128(108-64-41-92(42-65-108)88-23-8-2-9-24-88)111-72-49-96(50-73-111)95-47-70-106(71-48-95)127(105-31-14-5-15-32-105)115-80-57-101(58-81-115)118-35-20-37-122-120-84-61-104(86-124(120)132-126(118)122)103-30-18-29-102(85-103)99-55-78-114(79-56-99)129(109-66-43-93(44-67-109)89-25-10-3-11-26-89)112-74-51-97(52-75-112)98-53-76-113(77-54-98)130(110-68-45-94(46-69-110)90-27-12-4-13-28-90)116-82-59-100(60-83-116)117-34-19-36-121-119-33-16-17-38-123(119)131-125(117)121/h1-86H. The van der Waals surface area contributed by atoms with Gasteiger partial charge in [-0.15, -0.1) is 0 Å². The highest BCUT2D eigenvalue weighted by Crippen LogP contribution is 2.47. The number of anilines is 12. The van der Waals surface area contributed by atoms with Gasteiger partial charge in [-0.25, -0.2) is 0 Å². The molecule has 0 N–H and O–H groups in total. The van der Waals surface area contributed by atoms with Crippen molar-refractivity contribution in [1.29, 1.82) is 0 Å². The summed E-state index contributed by atoms with van der Waals surface area (Å²) >= 11 is 0. The number of hydrogen-bond acceptors (Lipinski definition) is 6. The molecule has 23 aromatic rings. The molecule has 0 spiro atoms. The van der Waals surface area contributed by atoms with Gasteiger partial charge < -0.3 is 28.4 Å². The van der Waals surface area contributed by atoms with Gasteiger partial charge in [0.25, 0.3) is 0 Å². The van der Waals surface area contributed by atoms with Crippen LogP contribution in [0.25, 0.3) is 155 Å². The van der Waals surface area contributed by atoms with Crippen LogP contribution in [0.4, 0.5) is 68.2 Å². The minimum atomic E-state index is 0.840. The highest BCUT2D eigenvalue weighted by Gasteiger charge is 2.23. The Kier molecular flexibility index (Phi) is 21.0. The second-order valence-corrected chi connectivity index (χ2v) is 33.5. The van der Waals surface area contributed by atoms with Crippen molar-refractivity contribution in [3.8, 4) is 111 Å². The van der Waals surface area contributed by atoms with Crippen molar-refractivity contribution >= 4 is 112 Å². The third-order valence-electron chi connectivity index (χ3n) is 25.5. The summed E-state index contributed by atoms with van der Waals surface area (Å²) < 4.78 is 13.5. The Morgan fingerprint density at radius 1 is 0.114 bits per heavy atom. The summed E-state index contributed by atoms with van der Waals surface area (Å²) in [5, 5.41) is 4.39. The monoisotopic (exact) mass is 1690 g/mol. The molecule has 0 aliphatic carbocycles. The van der Waals surface area contributed by atoms with E-state index in [4.69, 9.17) is 8.83 Å². The zero-order valence-corrected chi connectivity index (χ0v) is 72.3. The summed E-state index contributed by atoms with van der Waals surface area (Å²) in [5.74, 6) is 0. The third-order valence-corrected chi connectivity index (χ3v) is 25.5. The molecule has 0 bridgehead atoms. The van der Waals surface area contributed by atoms with Crippen molar-refractivity contribution < 1.29 is 8.83 Å². The van der Waals surface area contributed by atoms with Crippen LogP contribution in [0, 0.1) is 0 Å². The molecular weight excluding hydrogens is 1600 g/mol. The molecule has 0 fully saturated rings. The van der Waals surface area contributed by atoms with Crippen molar-refractivity contribution in [2.45, 2.75) is 0 Å². The molecule has 0 saturated carbocycles. The molecular formula is C126H86N4O2. The maximum atomic E-state index is 7.00. The first-order chi connectivity index (χ1) is 65.4. The second kappa shape index (κ2) is 35.0. The summed E-state index contributed by atoms with van der Waals surface area (Å²) in [7, 11) is 0. The Morgan fingerprint density at radius 2 is 0.303 bits per heavy atom. The molecule has 21 aromatic carbocycles. The molecule has 0 amide bonds. The van der Waals surface area contributed by atoms with Crippen molar-refractivity contribution in [2.75, 3.05) is 19.6 Å². The SMILES string of the molecule is c1ccc(-c2ccc(N(c3ccc(-c4ccccc4)cc3)c3ccc(-c4ccc(N(c5ccccc5)c5ccc(-c6cccc7c6oc6cc(-c8cccc(-c9ccc(N(c%10ccc(-c%11ccccc%11)cc%10)c%10ccc(-c%11ccc(N(c%12ccc(-c%13ccccc%13)cc%12)c%12ccc(-c%13cccc%14c%13oc%13ccccc%13%14)cc%12)cc%11)cc%10)cc9)c8)ccc67)cc5)cc4)cc3)cc2)cc1. The van der Waals surface area contributed by atoms with E-state index in [1.54, 1.807) is 0 Å². The Labute approximate surface area is 768 Å². The lowest BCUT2D eigenvalue weighted by atomic mass is 9.97. The van der Waals surface area contributed by atoms with E-state index in [2.05, 4.69) is 529 Å². The van der Waals surface area contributed by atoms with E-state index in [9.17, 15) is 0 Å². The average Bonchev–Trinajstić information content (AvgIpc) is 1.61. The minimum absolute atomic E-state index is 0.840. The fourth-order valence-corrected chi connectivity index (χ4v) is 18.8. The fourth-order valence-electron chi connectivity index (χ4n) is 18.8. The largest absolute Gasteiger partial charge is 0.455 e. The van der Waals surface area contributed by atoms with Crippen LogP contribution in [0.1, 0.15) is 0 Å². The van der Waals surface area contributed by atoms with Crippen LogP contribution in [0.15, 0.2) is 531 Å². The number of rotatable bonds is 22. The van der Waals surface area contributed by atoms with Crippen LogP contribution in [0.2, 0.25) is 0 Å². The Hall–Kier alpha value is -17.6. The minimum Gasteiger partial charge on any atom is -0.455 e. The van der Waals surface area contributed by atoms with Crippen LogP contribution in [0.5, 0.6) is 0 Å². The van der Waals surface area contributed by atoms with Gasteiger partial charge >= 0.3 is 0 Å². The number of furan rings is 2. The molecule has 2 heterocycles. The smallest absolute Gasteiger partial charge is 0.143 e. The number of hydrogen-bond donors (Lipinski definition) is 0. The molecule has 6 heteroatoms. The molecule has 0 unspecified atom stereocenters. The molecule has 0 saturated heterocycles. The van der Waals surface area contributed by atoms with Crippen LogP contribution in [0.3, 0.4) is 0 Å². The zero-order valence-electron chi connectivity index (χ0n) is 72.3. The summed E-state index contributed by atoms with van der Waals surface area (Å²) in [4.78, 5) is 9.35. The molecule has 0 atom stereocenters. The van der Waals surface area contributed by atoms with Crippen LogP contribution in [-0.4, -0.2) is 0 Å². The number of para-hydroxylation sites is 4. The van der Waals surface area contributed by atoms with Crippen LogP contribution >= 0.6 is 0 Å². The van der Waals surface area contributed by atoms with Crippen molar-refractivity contribution in [3.63, 3.8) is 0 Å². The molecule has 0 aliphatic rings. The van der Waals surface area contributed by atoms with Gasteiger partial charge in [0.05, 0.1) is 0 Å². The predicted octanol–water partition coefficient (Wildman–Crippen LogP) is 36.0. The molecule has 23 rings (SSSR count). The van der Waals surface area contributed by atoms with Gasteiger partial charge in [-0.2, -0.15) is 0 Å². The average molecular weight is 1690 g/mol. The Morgan fingerprint density at radius 3 is 0.606 bits per heavy atom. The van der Waals surface area contributed by atoms with Gasteiger partial charge in [-0.1, -0.05) is 352 Å². The van der Waals surface area contributed by atoms with Crippen LogP contribution in [-0.2, 0) is 0 Å². The molecule has 2 aromatic heterocycles. The second-order valence-electron chi connectivity index (χ2n) is 33.5. The van der Waals surface area contributed by atoms with E-state index in [0.29, 0.717) is 0 Å². The maximum Gasteiger partial charge on any atom is 0.143 e. The van der Waals surface area contributed by atoms with Gasteiger partial charge in [-0.3, -0.25) is 0 Å². The summed E-state index contributed by atoms with van der Waals surface area (Å²) in [6, 6.07) is 188. The highest BCUT2D eigenvalue weighted by atomic mass is 16.3. The van der Waals surface area contributed by atoms with Gasteiger partial charge in [0.2, 0.25) is 0 Å². The van der Waals surface area contributed by atoms with Crippen molar-refractivity contribution in [2.24, 2.45) is 0 Å². The first kappa shape index (κ1) is 79.1. The van der Waals surface area contributed by atoms with Gasteiger partial charge in [0.15, 0.2) is 0 Å². The zero-order chi connectivity index (χ0) is 87.6. The lowest BCUT2D eigenvalue weighted by Gasteiger charge is -2.27. The molecule has 6 nitrogen and oxygen atoms in total. The van der Waals surface area contributed by atoms with E-state index in [1.807, 2.05) is 12.1 Å². The summed E-state index contributed by atoms with van der Waals surface area (Å²) in [6.45, 7) is 0. The van der Waals surface area contributed by atoms with E-state index in [1.165, 1.54) is 38.9 Å². The predicted molar refractivity (Wildman–Crippen MR) is 554 cm³/mol. The van der Waals surface area contributed by atoms with Gasteiger partial charge in [0, 0.05) is 101 Å². The molecule has 0 radical (unpaired) electrons. The molecule has 622 valence electrons. The molecule has 0 aliphatic heterocycles. The molecule has 132 heavy (non-hydrogen) atoms. The quantitative estimate of drug-likeness (QED) is 0.0673. The highest BCUT2D eigenvalue weighted by molar-refractivity contribution is 6.12. The maximum absolute atomic E-state index is 7.00. The normalized spacial score (nSPS) is 11.3. The van der Waals surface area contributed by atoms with Gasteiger partial charge in [-0.05, 0) is 270 Å². The summed E-state index contributed by atoms with van der Waals surface area (Å²) in [6.07, 6.45) is 0. The van der Waals surface area contributed by atoms with E-state index >= 15 is 0 Å². The van der Waals surface area contributed by atoms with E-state index in [-0.39, 0.29) is 0 Å². The van der Waals surface area contributed by atoms with E-state index in [0.717, 1.165) is 184 Å². The fraction of sp³-hybridized carbons (Fsp3) is 0. The number of nitrogens with zero attached hydrogens (tertiary/aromatic N) is 4. The van der Waals surface area contributed by atoms with Gasteiger partial charge in [0.1, 0.15) is 22.3 Å². The number of benzene rings is 21. The van der Waals surface area contributed by atoms with Crippen molar-refractivity contribution in [1.82, 2.24) is 0 Å². The first-order valence-corrected chi connectivity index (χ1v) is 45.0. The lowest BCUT2D eigenvalue weighted by molar-refractivity contribution is 0.669. The van der Waals surface area contributed by atoms with Crippen LogP contribution < -0.4 is 19.6 Å². The first-order valence-electron chi connectivity index (χ1n) is 45.0.